The summed E-state index contributed by atoms with van der Waals surface area (Å²) in [7, 11) is 0. The predicted octanol–water partition coefficient (Wildman–Crippen LogP) is 0.314. The topological polar surface area (TPSA) is 71.8 Å². The molecule has 0 aliphatic rings. The summed E-state index contributed by atoms with van der Waals surface area (Å²) >= 11 is 5.38. The van der Waals surface area contributed by atoms with E-state index in [2.05, 4.69) is 9.97 Å². The Hall–Kier alpha value is -1.03. The fraction of sp³-hybridized carbons (Fsp3) is 0.200. The molecule has 0 spiro atoms. The molecule has 1 aromatic rings. The van der Waals surface area contributed by atoms with E-state index in [1.807, 2.05) is 0 Å². The van der Waals surface area contributed by atoms with Crippen LogP contribution in [0, 0.1) is 6.92 Å². The first-order chi connectivity index (χ1) is 4.61. The molecular formula is C5H6ClN3O. The van der Waals surface area contributed by atoms with Crippen LogP contribution in [0.25, 0.3) is 0 Å². The molecule has 0 radical (unpaired) electrons. The van der Waals surface area contributed by atoms with Crippen molar-refractivity contribution in [2.75, 3.05) is 5.73 Å². The van der Waals surface area contributed by atoms with Crippen molar-refractivity contribution in [3.05, 3.63) is 21.2 Å². The minimum atomic E-state index is -0.294. The van der Waals surface area contributed by atoms with Gasteiger partial charge in [-0.3, -0.25) is 9.78 Å². The van der Waals surface area contributed by atoms with Gasteiger partial charge in [0.15, 0.2) is 0 Å². The van der Waals surface area contributed by atoms with Crippen LogP contribution in [-0.2, 0) is 0 Å². The van der Waals surface area contributed by atoms with E-state index < -0.39 is 0 Å². The second kappa shape index (κ2) is 2.30. The molecule has 4 nitrogen and oxygen atoms in total. The van der Waals surface area contributed by atoms with Crippen molar-refractivity contribution in [2.24, 2.45) is 0 Å². The first-order valence-electron chi connectivity index (χ1n) is 2.63. The Kier molecular flexibility index (Phi) is 1.63. The van der Waals surface area contributed by atoms with Gasteiger partial charge in [0.05, 0.1) is 5.56 Å². The number of rotatable bonds is 0. The Morgan fingerprint density at radius 3 is 2.80 bits per heavy atom. The first-order valence-corrected chi connectivity index (χ1v) is 3.01. The van der Waals surface area contributed by atoms with Gasteiger partial charge in [-0.1, -0.05) is 0 Å². The van der Waals surface area contributed by atoms with E-state index in [0.717, 1.165) is 0 Å². The maximum absolute atomic E-state index is 10.8. The summed E-state index contributed by atoms with van der Waals surface area (Å²) in [4.78, 5) is 16.7. The SMILES string of the molecule is Cc1c(N)nc(Cl)[nH]c1=O. The summed E-state index contributed by atoms with van der Waals surface area (Å²) in [6.45, 7) is 1.58. The largest absolute Gasteiger partial charge is 0.383 e. The van der Waals surface area contributed by atoms with Gasteiger partial charge in [-0.05, 0) is 18.5 Å². The minimum absolute atomic E-state index is 0.0214. The van der Waals surface area contributed by atoms with Gasteiger partial charge in [-0.25, -0.2) is 4.98 Å². The molecule has 0 amide bonds. The van der Waals surface area contributed by atoms with Crippen molar-refractivity contribution in [1.29, 1.82) is 0 Å². The number of hydrogen-bond donors (Lipinski definition) is 2. The van der Waals surface area contributed by atoms with Crippen LogP contribution in [0.15, 0.2) is 4.79 Å². The third-order valence-electron chi connectivity index (χ3n) is 1.16. The van der Waals surface area contributed by atoms with E-state index >= 15 is 0 Å². The van der Waals surface area contributed by atoms with Crippen molar-refractivity contribution < 1.29 is 0 Å². The van der Waals surface area contributed by atoms with Crippen LogP contribution in [0.5, 0.6) is 0 Å². The zero-order valence-electron chi connectivity index (χ0n) is 5.31. The fourth-order valence-corrected chi connectivity index (χ4v) is 0.698. The normalized spacial score (nSPS) is 9.80. The number of aromatic nitrogens is 2. The lowest BCUT2D eigenvalue weighted by Crippen LogP contribution is -2.13. The summed E-state index contributed by atoms with van der Waals surface area (Å²) in [5.74, 6) is 0.175. The predicted molar refractivity (Wildman–Crippen MR) is 39.0 cm³/mol. The zero-order chi connectivity index (χ0) is 7.72. The maximum atomic E-state index is 10.8. The van der Waals surface area contributed by atoms with Gasteiger partial charge in [0.2, 0.25) is 5.28 Å². The zero-order valence-corrected chi connectivity index (χ0v) is 6.07. The highest BCUT2D eigenvalue weighted by Crippen LogP contribution is 2.02. The third kappa shape index (κ3) is 1.11. The average Bonchev–Trinajstić information content (AvgIpc) is 1.82. The molecule has 0 aromatic carbocycles. The summed E-state index contributed by atoms with van der Waals surface area (Å²) in [5.41, 5.74) is 5.40. The first kappa shape index (κ1) is 7.08. The minimum Gasteiger partial charge on any atom is -0.383 e. The molecule has 1 heterocycles. The lowest BCUT2D eigenvalue weighted by molar-refractivity contribution is 1.09. The van der Waals surface area contributed by atoms with Crippen LogP contribution >= 0.6 is 11.6 Å². The number of halogens is 1. The Balaban J connectivity index is 3.46. The van der Waals surface area contributed by atoms with E-state index in [-0.39, 0.29) is 16.7 Å². The van der Waals surface area contributed by atoms with Gasteiger partial charge < -0.3 is 5.73 Å². The molecule has 0 saturated heterocycles. The number of anilines is 1. The lowest BCUT2D eigenvalue weighted by Gasteiger charge is -1.95. The molecule has 54 valence electrons. The second-order valence-corrected chi connectivity index (χ2v) is 2.22. The maximum Gasteiger partial charge on any atom is 0.256 e. The molecule has 0 saturated carbocycles. The Bertz CT molecular complexity index is 306. The fourth-order valence-electron chi connectivity index (χ4n) is 0.521. The highest BCUT2D eigenvalue weighted by atomic mass is 35.5. The molecule has 0 bridgehead atoms. The van der Waals surface area contributed by atoms with Crippen molar-refractivity contribution in [3.8, 4) is 0 Å². The van der Waals surface area contributed by atoms with E-state index in [1.165, 1.54) is 0 Å². The molecule has 0 unspecified atom stereocenters. The third-order valence-corrected chi connectivity index (χ3v) is 1.34. The van der Waals surface area contributed by atoms with Gasteiger partial charge in [0, 0.05) is 0 Å². The standard InChI is InChI=1S/C5H6ClN3O/c1-2-3(7)8-5(6)9-4(2)10/h1H3,(H3,7,8,9,10). The molecule has 0 fully saturated rings. The number of nitrogens with zero attached hydrogens (tertiary/aromatic N) is 1. The van der Waals surface area contributed by atoms with Gasteiger partial charge in [-0.2, -0.15) is 0 Å². The van der Waals surface area contributed by atoms with Crippen LogP contribution in [-0.4, -0.2) is 9.97 Å². The van der Waals surface area contributed by atoms with Crippen LogP contribution in [0.3, 0.4) is 0 Å². The van der Waals surface area contributed by atoms with Gasteiger partial charge >= 0.3 is 0 Å². The molecular weight excluding hydrogens is 154 g/mol. The summed E-state index contributed by atoms with van der Waals surface area (Å²) < 4.78 is 0. The van der Waals surface area contributed by atoms with Crippen LogP contribution < -0.4 is 11.3 Å². The van der Waals surface area contributed by atoms with Gasteiger partial charge in [0.1, 0.15) is 5.82 Å². The van der Waals surface area contributed by atoms with Crippen molar-refractivity contribution in [2.45, 2.75) is 6.92 Å². The number of hydrogen-bond acceptors (Lipinski definition) is 3. The van der Waals surface area contributed by atoms with E-state index in [0.29, 0.717) is 5.56 Å². The van der Waals surface area contributed by atoms with E-state index in [4.69, 9.17) is 17.3 Å². The lowest BCUT2D eigenvalue weighted by atomic mass is 10.3. The summed E-state index contributed by atoms with van der Waals surface area (Å²) in [6.07, 6.45) is 0. The van der Waals surface area contributed by atoms with Crippen molar-refractivity contribution >= 4 is 17.4 Å². The number of nitrogen functional groups attached to an aromatic ring is 1. The molecule has 0 atom stereocenters. The quantitative estimate of drug-likeness (QED) is 0.536. The molecule has 10 heavy (non-hydrogen) atoms. The highest BCUT2D eigenvalue weighted by molar-refractivity contribution is 6.28. The van der Waals surface area contributed by atoms with Gasteiger partial charge in [-0.15, -0.1) is 0 Å². The molecule has 0 aliphatic heterocycles. The monoisotopic (exact) mass is 159 g/mol. The molecule has 1 aromatic heterocycles. The summed E-state index contributed by atoms with van der Waals surface area (Å²) in [6, 6.07) is 0. The smallest absolute Gasteiger partial charge is 0.256 e. The second-order valence-electron chi connectivity index (χ2n) is 1.87. The highest BCUT2D eigenvalue weighted by Gasteiger charge is 2.00. The van der Waals surface area contributed by atoms with Crippen molar-refractivity contribution in [1.82, 2.24) is 9.97 Å². The molecule has 0 aliphatic carbocycles. The Labute approximate surface area is 62.0 Å². The number of nitrogens with two attached hydrogens (primary N) is 1. The van der Waals surface area contributed by atoms with Gasteiger partial charge in [0.25, 0.3) is 5.56 Å². The van der Waals surface area contributed by atoms with Crippen LogP contribution in [0.2, 0.25) is 5.28 Å². The number of aromatic amines is 1. The Morgan fingerprint density at radius 1 is 1.70 bits per heavy atom. The van der Waals surface area contributed by atoms with Crippen LogP contribution in [0.4, 0.5) is 5.82 Å². The Morgan fingerprint density at radius 2 is 2.30 bits per heavy atom. The molecule has 3 N–H and O–H groups in total. The number of H-pyrrole nitrogens is 1. The molecule has 1 rings (SSSR count). The molecule has 5 heteroatoms. The average molecular weight is 160 g/mol. The number of nitrogens with one attached hydrogen (secondary N) is 1. The van der Waals surface area contributed by atoms with E-state index in [9.17, 15) is 4.79 Å². The summed E-state index contributed by atoms with van der Waals surface area (Å²) in [5, 5.41) is 0.0214. The van der Waals surface area contributed by atoms with Crippen LogP contribution in [0.1, 0.15) is 5.56 Å². The van der Waals surface area contributed by atoms with E-state index in [1.54, 1.807) is 6.92 Å². The van der Waals surface area contributed by atoms with Crippen molar-refractivity contribution in [3.63, 3.8) is 0 Å².